The zero-order chi connectivity index (χ0) is 11.5. The number of rotatable bonds is 3. The van der Waals surface area contributed by atoms with Gasteiger partial charge in [-0.3, -0.25) is 4.90 Å². The maximum Gasteiger partial charge on any atom is 0.0826 e. The van der Waals surface area contributed by atoms with E-state index < -0.39 is 0 Å². The molecule has 16 heavy (non-hydrogen) atoms. The molecular weight excluding hydrogens is 202 g/mol. The quantitative estimate of drug-likeness (QED) is 0.734. The second-order valence-electron chi connectivity index (χ2n) is 5.31. The number of hydrogen-bond donors (Lipinski definition) is 1. The van der Waals surface area contributed by atoms with Crippen LogP contribution in [0.3, 0.4) is 0 Å². The highest BCUT2D eigenvalue weighted by Crippen LogP contribution is 2.19. The van der Waals surface area contributed by atoms with Crippen molar-refractivity contribution in [2.45, 2.75) is 31.5 Å². The first kappa shape index (κ1) is 12.3. The van der Waals surface area contributed by atoms with Crippen LogP contribution in [0.1, 0.15) is 13.3 Å². The van der Waals surface area contributed by atoms with Crippen molar-refractivity contribution in [3.05, 3.63) is 0 Å². The van der Waals surface area contributed by atoms with Gasteiger partial charge in [0.25, 0.3) is 0 Å². The van der Waals surface area contributed by atoms with Crippen LogP contribution in [0.25, 0.3) is 0 Å². The summed E-state index contributed by atoms with van der Waals surface area (Å²) in [6.45, 7) is 7.42. The number of likely N-dealkylation sites (tertiary alicyclic amines) is 1. The number of nitrogens with zero attached hydrogens (tertiary/aromatic N) is 2. The molecule has 2 aliphatic rings. The van der Waals surface area contributed by atoms with Crippen molar-refractivity contribution in [2.24, 2.45) is 0 Å². The molecule has 2 aliphatic heterocycles. The molecule has 0 saturated carbocycles. The van der Waals surface area contributed by atoms with Crippen molar-refractivity contribution in [3.8, 4) is 0 Å². The molecule has 1 N–H and O–H groups in total. The Morgan fingerprint density at radius 1 is 1.50 bits per heavy atom. The van der Waals surface area contributed by atoms with Gasteiger partial charge in [0, 0.05) is 38.3 Å². The molecule has 0 aromatic rings. The lowest BCUT2D eigenvalue weighted by molar-refractivity contribution is 0.00364. The third kappa shape index (κ3) is 2.94. The van der Waals surface area contributed by atoms with Gasteiger partial charge in [0.1, 0.15) is 0 Å². The largest absolute Gasteiger partial charge is 0.374 e. The third-order valence-corrected chi connectivity index (χ3v) is 3.98. The minimum Gasteiger partial charge on any atom is -0.374 e. The Kier molecular flexibility index (Phi) is 4.19. The van der Waals surface area contributed by atoms with Crippen LogP contribution in [0.5, 0.6) is 0 Å². The summed E-state index contributed by atoms with van der Waals surface area (Å²) in [6.07, 6.45) is 1.66. The Hall–Kier alpha value is -0.160. The van der Waals surface area contributed by atoms with Crippen molar-refractivity contribution in [2.75, 3.05) is 46.9 Å². The van der Waals surface area contributed by atoms with E-state index in [1.54, 1.807) is 0 Å². The van der Waals surface area contributed by atoms with E-state index in [4.69, 9.17) is 4.74 Å². The summed E-state index contributed by atoms with van der Waals surface area (Å²) in [5.74, 6) is 0. The molecule has 4 nitrogen and oxygen atoms in total. The summed E-state index contributed by atoms with van der Waals surface area (Å²) < 4.78 is 5.74. The van der Waals surface area contributed by atoms with E-state index >= 15 is 0 Å². The highest BCUT2D eigenvalue weighted by molar-refractivity contribution is 4.87. The molecule has 2 heterocycles. The molecule has 0 aromatic carbocycles. The fourth-order valence-corrected chi connectivity index (χ4v) is 2.69. The summed E-state index contributed by atoms with van der Waals surface area (Å²) in [7, 11) is 4.45. The number of ether oxygens (including phenoxy) is 1. The minimum absolute atomic E-state index is 0.375. The Balaban J connectivity index is 1.76. The van der Waals surface area contributed by atoms with Crippen LogP contribution in [0.2, 0.25) is 0 Å². The standard InChI is InChI=1S/C12H25N3O/c1-10-6-11(8-14(10)2)15(3)9-12-7-13-4-5-16-12/h10-13H,4-9H2,1-3H3. The molecule has 2 rings (SSSR count). The van der Waals surface area contributed by atoms with Crippen molar-refractivity contribution >= 4 is 0 Å². The Morgan fingerprint density at radius 3 is 2.88 bits per heavy atom. The van der Waals surface area contributed by atoms with Crippen molar-refractivity contribution < 1.29 is 4.74 Å². The van der Waals surface area contributed by atoms with Crippen molar-refractivity contribution in [1.82, 2.24) is 15.1 Å². The van der Waals surface area contributed by atoms with Crippen LogP contribution in [-0.2, 0) is 4.74 Å². The molecule has 94 valence electrons. The predicted molar refractivity (Wildman–Crippen MR) is 65.7 cm³/mol. The highest BCUT2D eigenvalue weighted by Gasteiger charge is 2.30. The number of nitrogens with one attached hydrogen (secondary N) is 1. The van der Waals surface area contributed by atoms with E-state index in [0.29, 0.717) is 12.1 Å². The van der Waals surface area contributed by atoms with Crippen molar-refractivity contribution in [3.63, 3.8) is 0 Å². The van der Waals surface area contributed by atoms with E-state index in [-0.39, 0.29) is 0 Å². The molecule has 0 amide bonds. The van der Waals surface area contributed by atoms with Gasteiger partial charge in [0.15, 0.2) is 0 Å². The highest BCUT2D eigenvalue weighted by atomic mass is 16.5. The first-order valence-corrected chi connectivity index (χ1v) is 6.39. The smallest absolute Gasteiger partial charge is 0.0826 e. The number of hydrogen-bond acceptors (Lipinski definition) is 4. The number of likely N-dealkylation sites (N-methyl/N-ethyl adjacent to an activating group) is 2. The molecule has 2 fully saturated rings. The first-order chi connectivity index (χ1) is 7.66. The van der Waals surface area contributed by atoms with Crippen molar-refractivity contribution in [1.29, 1.82) is 0 Å². The van der Waals surface area contributed by atoms with Gasteiger partial charge >= 0.3 is 0 Å². The fraction of sp³-hybridized carbons (Fsp3) is 1.00. The Bertz CT molecular complexity index is 208. The molecule has 3 atom stereocenters. The molecule has 0 aliphatic carbocycles. The second-order valence-corrected chi connectivity index (χ2v) is 5.31. The van der Waals surface area contributed by atoms with E-state index in [9.17, 15) is 0 Å². The molecule has 0 aromatic heterocycles. The maximum atomic E-state index is 5.74. The van der Waals surface area contributed by atoms with Gasteiger partial charge in [0.05, 0.1) is 12.7 Å². The summed E-state index contributed by atoms with van der Waals surface area (Å²) in [5, 5.41) is 3.39. The van der Waals surface area contributed by atoms with Gasteiger partial charge in [-0.1, -0.05) is 0 Å². The summed E-state index contributed by atoms with van der Waals surface area (Å²) in [6, 6.07) is 1.42. The van der Waals surface area contributed by atoms with Crippen LogP contribution in [-0.4, -0.2) is 74.9 Å². The van der Waals surface area contributed by atoms with Gasteiger partial charge in [-0.25, -0.2) is 0 Å². The van der Waals surface area contributed by atoms with Gasteiger partial charge in [-0.2, -0.15) is 0 Å². The van der Waals surface area contributed by atoms with Crippen LogP contribution in [0.15, 0.2) is 0 Å². The fourth-order valence-electron chi connectivity index (χ4n) is 2.69. The Morgan fingerprint density at radius 2 is 2.31 bits per heavy atom. The topological polar surface area (TPSA) is 27.7 Å². The van der Waals surface area contributed by atoms with Gasteiger partial charge < -0.3 is 15.0 Å². The van der Waals surface area contributed by atoms with E-state index in [2.05, 4.69) is 36.1 Å². The second kappa shape index (κ2) is 5.45. The zero-order valence-electron chi connectivity index (χ0n) is 10.8. The molecule has 3 unspecified atom stereocenters. The van der Waals surface area contributed by atoms with Gasteiger partial charge in [-0.15, -0.1) is 0 Å². The average molecular weight is 227 g/mol. The summed E-state index contributed by atoms with van der Waals surface area (Å²) in [5.41, 5.74) is 0. The maximum absolute atomic E-state index is 5.74. The molecule has 0 radical (unpaired) electrons. The molecule has 0 bridgehead atoms. The van der Waals surface area contributed by atoms with E-state index in [0.717, 1.165) is 32.3 Å². The predicted octanol–water partition coefficient (Wildman–Crippen LogP) is -0.000800. The molecule has 0 spiro atoms. The van der Waals surface area contributed by atoms with Crippen LogP contribution < -0.4 is 5.32 Å². The van der Waals surface area contributed by atoms with Crippen LogP contribution >= 0.6 is 0 Å². The summed E-state index contributed by atoms with van der Waals surface area (Å²) >= 11 is 0. The van der Waals surface area contributed by atoms with Crippen LogP contribution in [0.4, 0.5) is 0 Å². The lowest BCUT2D eigenvalue weighted by atomic mass is 10.1. The first-order valence-electron chi connectivity index (χ1n) is 6.39. The summed E-state index contributed by atoms with van der Waals surface area (Å²) in [4.78, 5) is 4.92. The third-order valence-electron chi connectivity index (χ3n) is 3.98. The Labute approximate surface area is 98.9 Å². The van der Waals surface area contributed by atoms with E-state index in [1.165, 1.54) is 13.0 Å². The SMILES string of the molecule is CC1CC(N(C)CC2CNCCO2)CN1C. The van der Waals surface area contributed by atoms with Crippen LogP contribution in [0, 0.1) is 0 Å². The monoisotopic (exact) mass is 227 g/mol. The normalized spacial score (nSPS) is 37.1. The zero-order valence-corrected chi connectivity index (χ0v) is 10.8. The van der Waals surface area contributed by atoms with E-state index in [1.807, 2.05) is 0 Å². The number of morpholine rings is 1. The van der Waals surface area contributed by atoms with Gasteiger partial charge in [0.2, 0.25) is 0 Å². The molecule has 2 saturated heterocycles. The minimum atomic E-state index is 0.375. The molecule has 4 heteroatoms. The lowest BCUT2D eigenvalue weighted by Gasteiger charge is -2.31. The van der Waals surface area contributed by atoms with Gasteiger partial charge in [-0.05, 0) is 27.4 Å². The molecular formula is C12H25N3O. The lowest BCUT2D eigenvalue weighted by Crippen LogP contribution is -2.47. The average Bonchev–Trinajstić information content (AvgIpc) is 2.61.